The lowest BCUT2D eigenvalue weighted by Crippen LogP contribution is -2.37. The maximum atomic E-state index is 12.4. The molecule has 1 aliphatic heterocycles. The first-order valence-electron chi connectivity index (χ1n) is 8.18. The van der Waals surface area contributed by atoms with Gasteiger partial charge >= 0.3 is 0 Å². The van der Waals surface area contributed by atoms with Crippen molar-refractivity contribution < 1.29 is 18.8 Å². The minimum atomic E-state index is -0.200. The van der Waals surface area contributed by atoms with Gasteiger partial charge in [0.1, 0.15) is 12.4 Å². The van der Waals surface area contributed by atoms with Gasteiger partial charge in [-0.1, -0.05) is 16.8 Å². The molecule has 1 atom stereocenters. The Kier molecular flexibility index (Phi) is 5.88. The first-order chi connectivity index (χ1) is 12.1. The van der Waals surface area contributed by atoms with E-state index in [1.165, 1.54) is 6.20 Å². The summed E-state index contributed by atoms with van der Waals surface area (Å²) in [4.78, 5) is 18.0. The molecule has 0 N–H and O–H groups in total. The van der Waals surface area contributed by atoms with Crippen molar-refractivity contribution in [3.8, 4) is 5.75 Å². The second-order valence-electron chi connectivity index (χ2n) is 5.98. The molecular weight excluding hydrogens is 346 g/mol. The molecule has 0 aromatic carbocycles. The molecule has 0 saturated carbocycles. The maximum absolute atomic E-state index is 12.4. The molecule has 2 aromatic rings. The summed E-state index contributed by atoms with van der Waals surface area (Å²) in [6.45, 7) is 1.44. The monoisotopic (exact) mass is 365 g/mol. The van der Waals surface area contributed by atoms with Gasteiger partial charge in [-0.3, -0.25) is 9.78 Å². The predicted molar refractivity (Wildman–Crippen MR) is 90.6 cm³/mol. The number of ether oxygens (including phenoxy) is 2. The zero-order valence-corrected chi connectivity index (χ0v) is 14.7. The van der Waals surface area contributed by atoms with Crippen LogP contribution in [0.1, 0.15) is 35.5 Å². The lowest BCUT2D eigenvalue weighted by Gasteiger charge is -2.26. The zero-order chi connectivity index (χ0) is 17.6. The topological polar surface area (TPSA) is 77.7 Å². The first-order valence-corrected chi connectivity index (χ1v) is 8.55. The van der Waals surface area contributed by atoms with Crippen molar-refractivity contribution in [1.82, 2.24) is 15.0 Å². The lowest BCUT2D eigenvalue weighted by atomic mass is 10.1. The molecule has 134 valence electrons. The molecule has 25 heavy (non-hydrogen) atoms. The smallest absolute Gasteiger partial charge is 0.275 e. The largest absolute Gasteiger partial charge is 0.484 e. The number of nitrogens with zero attached hydrogens (tertiary/aromatic N) is 3. The van der Waals surface area contributed by atoms with Gasteiger partial charge in [0.15, 0.2) is 11.5 Å². The van der Waals surface area contributed by atoms with Crippen LogP contribution < -0.4 is 4.74 Å². The number of rotatable bonds is 6. The Labute approximate surface area is 150 Å². The van der Waals surface area contributed by atoms with Crippen LogP contribution in [0.25, 0.3) is 0 Å². The average Bonchev–Trinajstić information content (AvgIpc) is 3.09. The van der Waals surface area contributed by atoms with Gasteiger partial charge in [-0.05, 0) is 19.3 Å². The molecule has 0 unspecified atom stereocenters. The van der Waals surface area contributed by atoms with Crippen LogP contribution >= 0.6 is 11.6 Å². The van der Waals surface area contributed by atoms with Crippen LogP contribution in [0.2, 0.25) is 5.02 Å². The third-order valence-corrected chi connectivity index (χ3v) is 4.14. The van der Waals surface area contributed by atoms with Gasteiger partial charge in [0, 0.05) is 38.5 Å². The molecule has 0 aliphatic carbocycles. The number of amides is 1. The molecular formula is C17H20ClN3O4. The summed E-state index contributed by atoms with van der Waals surface area (Å²) in [7, 11) is 1.74. The van der Waals surface area contributed by atoms with Crippen LogP contribution in [0.3, 0.4) is 0 Å². The minimum Gasteiger partial charge on any atom is -0.484 e. The summed E-state index contributed by atoms with van der Waals surface area (Å²) in [6, 6.07) is 3.23. The van der Waals surface area contributed by atoms with E-state index in [-0.39, 0.29) is 24.3 Å². The van der Waals surface area contributed by atoms with Gasteiger partial charge in [0.2, 0.25) is 0 Å². The molecule has 1 saturated heterocycles. The molecule has 3 rings (SSSR count). The highest BCUT2D eigenvalue weighted by molar-refractivity contribution is 6.30. The molecule has 3 heterocycles. The van der Waals surface area contributed by atoms with E-state index in [1.807, 2.05) is 0 Å². The Bertz CT molecular complexity index is 715. The van der Waals surface area contributed by atoms with Crippen molar-refractivity contribution in [2.45, 2.75) is 32.0 Å². The van der Waals surface area contributed by atoms with E-state index < -0.39 is 0 Å². The minimum absolute atomic E-state index is 0.0905. The van der Waals surface area contributed by atoms with Gasteiger partial charge in [0.05, 0.1) is 17.3 Å². The molecule has 1 amide bonds. The predicted octanol–water partition coefficient (Wildman–Crippen LogP) is 2.94. The normalized spacial score (nSPS) is 17.3. The van der Waals surface area contributed by atoms with Crippen molar-refractivity contribution in [3.63, 3.8) is 0 Å². The Morgan fingerprint density at radius 1 is 1.40 bits per heavy atom. The summed E-state index contributed by atoms with van der Waals surface area (Å²) < 4.78 is 16.4. The van der Waals surface area contributed by atoms with Crippen LogP contribution in [0.15, 0.2) is 29.0 Å². The average molecular weight is 366 g/mol. The number of aromatic nitrogens is 2. The number of pyridine rings is 1. The summed E-state index contributed by atoms with van der Waals surface area (Å²) in [6.07, 6.45) is 6.35. The molecule has 0 bridgehead atoms. The summed E-state index contributed by atoms with van der Waals surface area (Å²) in [5.74, 6) is 0.766. The number of likely N-dealkylation sites (N-methyl/N-ethyl adjacent to an activating group) is 1. The summed E-state index contributed by atoms with van der Waals surface area (Å²) >= 11 is 5.85. The summed E-state index contributed by atoms with van der Waals surface area (Å²) in [5.41, 5.74) is 0.251. The van der Waals surface area contributed by atoms with Crippen molar-refractivity contribution >= 4 is 17.5 Å². The van der Waals surface area contributed by atoms with Crippen LogP contribution in [-0.2, 0) is 11.3 Å². The Morgan fingerprint density at radius 2 is 2.28 bits per heavy atom. The molecule has 0 radical (unpaired) electrons. The quantitative estimate of drug-likeness (QED) is 0.783. The number of carbonyl (C=O) groups is 1. The zero-order valence-electron chi connectivity index (χ0n) is 14.0. The van der Waals surface area contributed by atoms with Crippen molar-refractivity contribution in [2.75, 3.05) is 20.2 Å². The van der Waals surface area contributed by atoms with Gasteiger partial charge in [-0.2, -0.15) is 0 Å². The summed E-state index contributed by atoms with van der Waals surface area (Å²) in [5, 5.41) is 4.32. The SMILES string of the molecule is CN(C[C@H]1CCCCO1)C(=O)c1cc(COc2cncc(Cl)c2)on1. The lowest BCUT2D eigenvalue weighted by molar-refractivity contribution is -0.000360. The Balaban J connectivity index is 1.53. The van der Waals surface area contributed by atoms with E-state index in [0.29, 0.717) is 23.1 Å². The fourth-order valence-electron chi connectivity index (χ4n) is 2.64. The fraction of sp³-hybridized carbons (Fsp3) is 0.471. The molecule has 2 aromatic heterocycles. The Morgan fingerprint density at radius 3 is 3.04 bits per heavy atom. The van der Waals surface area contributed by atoms with E-state index in [2.05, 4.69) is 10.1 Å². The van der Waals surface area contributed by atoms with E-state index in [1.54, 1.807) is 30.3 Å². The van der Waals surface area contributed by atoms with E-state index >= 15 is 0 Å². The van der Waals surface area contributed by atoms with Gasteiger partial charge < -0.3 is 18.9 Å². The highest BCUT2D eigenvalue weighted by atomic mass is 35.5. The third-order valence-electron chi connectivity index (χ3n) is 3.94. The Hall–Kier alpha value is -2.12. The number of carbonyl (C=O) groups excluding carboxylic acids is 1. The molecule has 7 nitrogen and oxygen atoms in total. The second-order valence-corrected chi connectivity index (χ2v) is 6.42. The molecule has 8 heteroatoms. The second kappa shape index (κ2) is 8.31. The van der Waals surface area contributed by atoms with Crippen LogP contribution in [-0.4, -0.2) is 47.3 Å². The number of hydrogen-bond donors (Lipinski definition) is 0. The molecule has 1 fully saturated rings. The van der Waals surface area contributed by atoms with Gasteiger partial charge in [0.25, 0.3) is 5.91 Å². The van der Waals surface area contributed by atoms with Crippen LogP contribution in [0.5, 0.6) is 5.75 Å². The van der Waals surface area contributed by atoms with E-state index in [0.717, 1.165) is 25.9 Å². The highest BCUT2D eigenvalue weighted by Crippen LogP contribution is 2.18. The number of hydrogen-bond acceptors (Lipinski definition) is 6. The number of halogens is 1. The van der Waals surface area contributed by atoms with Crippen LogP contribution in [0.4, 0.5) is 0 Å². The van der Waals surface area contributed by atoms with Crippen molar-refractivity contribution in [1.29, 1.82) is 0 Å². The highest BCUT2D eigenvalue weighted by Gasteiger charge is 2.22. The van der Waals surface area contributed by atoms with Gasteiger partial charge in [-0.15, -0.1) is 0 Å². The van der Waals surface area contributed by atoms with E-state index in [4.69, 9.17) is 25.6 Å². The van der Waals surface area contributed by atoms with E-state index in [9.17, 15) is 4.79 Å². The van der Waals surface area contributed by atoms with Crippen molar-refractivity contribution in [2.24, 2.45) is 0 Å². The fourth-order valence-corrected chi connectivity index (χ4v) is 2.81. The maximum Gasteiger partial charge on any atom is 0.275 e. The van der Waals surface area contributed by atoms with Crippen molar-refractivity contribution in [3.05, 3.63) is 41.0 Å². The molecule has 0 spiro atoms. The van der Waals surface area contributed by atoms with Gasteiger partial charge in [-0.25, -0.2) is 0 Å². The van der Waals surface area contributed by atoms with Crippen LogP contribution in [0, 0.1) is 0 Å². The molecule has 1 aliphatic rings. The third kappa shape index (κ3) is 4.93. The first kappa shape index (κ1) is 17.7. The standard InChI is InChI=1S/C17H20ClN3O4/c1-21(10-13-4-2-3-5-23-13)17(22)16-7-15(25-20-16)11-24-14-6-12(18)8-19-9-14/h6-9,13H,2-5,10-11H2,1H3/t13-/m1/s1.